The molecule has 1 aromatic carbocycles. The fraction of sp³-hybridized carbons (Fsp3) is 0.500. The summed E-state index contributed by atoms with van der Waals surface area (Å²) in [4.78, 5) is 17.4. The van der Waals surface area contributed by atoms with Gasteiger partial charge in [0.1, 0.15) is 0 Å². The summed E-state index contributed by atoms with van der Waals surface area (Å²) in [5.41, 5.74) is 1.04. The first-order valence-corrected chi connectivity index (χ1v) is 7.54. The van der Waals surface area contributed by atoms with Crippen molar-refractivity contribution in [2.45, 2.75) is 19.5 Å². The number of hydrogen-bond donors (Lipinski definition) is 2. The van der Waals surface area contributed by atoms with Crippen LogP contribution in [0.1, 0.15) is 12.5 Å². The molecule has 7 nitrogen and oxygen atoms in total. The molecule has 0 aromatic heterocycles. The summed E-state index contributed by atoms with van der Waals surface area (Å²) in [7, 11) is 4.97. The monoisotopic (exact) mass is 448 g/mol. The van der Waals surface area contributed by atoms with E-state index in [4.69, 9.17) is 9.47 Å². The number of ether oxygens (including phenoxy) is 2. The molecule has 0 saturated carbocycles. The maximum atomic E-state index is 11.6. The van der Waals surface area contributed by atoms with E-state index in [2.05, 4.69) is 22.5 Å². The van der Waals surface area contributed by atoms with Crippen LogP contribution >= 0.6 is 24.0 Å². The standard InChI is InChI=1S/C16H24N4O3.HI/c1-11-8-17-16(19-11)18-9-12-5-6-13(14(7-12)22-4)23-10-15(21)20(2)3;/h5-7,11H,8-10H2,1-4H3,(H2,17,18,19);1H. The van der Waals surface area contributed by atoms with Crippen molar-refractivity contribution in [1.29, 1.82) is 0 Å². The first-order valence-electron chi connectivity index (χ1n) is 7.54. The minimum absolute atomic E-state index is 0. The lowest BCUT2D eigenvalue weighted by Crippen LogP contribution is -2.37. The summed E-state index contributed by atoms with van der Waals surface area (Å²) < 4.78 is 10.9. The molecule has 134 valence electrons. The number of guanidine groups is 1. The van der Waals surface area contributed by atoms with Crippen molar-refractivity contribution in [2.24, 2.45) is 4.99 Å². The van der Waals surface area contributed by atoms with Crippen LogP contribution in [0.5, 0.6) is 11.5 Å². The Labute approximate surface area is 159 Å². The number of amides is 1. The number of rotatable bonds is 6. The number of aliphatic imine (C=N–C) groups is 1. The van der Waals surface area contributed by atoms with Crippen LogP contribution in [0.25, 0.3) is 0 Å². The van der Waals surface area contributed by atoms with Gasteiger partial charge in [-0.15, -0.1) is 24.0 Å². The lowest BCUT2D eigenvalue weighted by atomic mass is 10.2. The van der Waals surface area contributed by atoms with Gasteiger partial charge in [0.2, 0.25) is 0 Å². The highest BCUT2D eigenvalue weighted by molar-refractivity contribution is 14.0. The lowest BCUT2D eigenvalue weighted by molar-refractivity contribution is -0.130. The van der Waals surface area contributed by atoms with Gasteiger partial charge >= 0.3 is 0 Å². The zero-order valence-electron chi connectivity index (χ0n) is 14.5. The van der Waals surface area contributed by atoms with Gasteiger partial charge < -0.3 is 25.0 Å². The average molecular weight is 448 g/mol. The average Bonchev–Trinajstić information content (AvgIpc) is 2.96. The number of methoxy groups -OCH3 is 1. The highest BCUT2D eigenvalue weighted by Crippen LogP contribution is 2.28. The van der Waals surface area contributed by atoms with Gasteiger partial charge in [0, 0.05) is 26.7 Å². The van der Waals surface area contributed by atoms with Gasteiger partial charge in [-0.05, 0) is 24.6 Å². The predicted molar refractivity (Wildman–Crippen MR) is 104 cm³/mol. The first-order chi connectivity index (χ1) is 11.0. The Hall–Kier alpha value is -1.71. The Morgan fingerprint density at radius 1 is 1.42 bits per heavy atom. The molecule has 8 heteroatoms. The van der Waals surface area contributed by atoms with Gasteiger partial charge in [0.15, 0.2) is 24.1 Å². The highest BCUT2D eigenvalue weighted by Gasteiger charge is 2.13. The van der Waals surface area contributed by atoms with E-state index in [1.807, 2.05) is 18.2 Å². The van der Waals surface area contributed by atoms with Crippen molar-refractivity contribution < 1.29 is 14.3 Å². The van der Waals surface area contributed by atoms with Gasteiger partial charge in [0.25, 0.3) is 5.91 Å². The van der Waals surface area contributed by atoms with Crippen LogP contribution in [0.3, 0.4) is 0 Å². The second kappa shape index (κ2) is 9.55. The largest absolute Gasteiger partial charge is 0.493 e. The topological polar surface area (TPSA) is 75.2 Å². The summed E-state index contributed by atoms with van der Waals surface area (Å²) in [5.74, 6) is 1.87. The smallest absolute Gasteiger partial charge is 0.259 e. The Kier molecular flexibility index (Phi) is 8.09. The van der Waals surface area contributed by atoms with E-state index in [0.717, 1.165) is 18.1 Å². The van der Waals surface area contributed by atoms with E-state index in [-0.39, 0.29) is 36.5 Å². The van der Waals surface area contributed by atoms with Crippen molar-refractivity contribution in [2.75, 3.05) is 34.4 Å². The SMILES string of the molecule is COc1cc(CNC2=NCC(C)N2)ccc1OCC(=O)N(C)C.I. The first kappa shape index (κ1) is 20.3. The van der Waals surface area contributed by atoms with E-state index in [9.17, 15) is 4.79 Å². The molecule has 2 N–H and O–H groups in total. The van der Waals surface area contributed by atoms with Crippen molar-refractivity contribution in [3.63, 3.8) is 0 Å². The van der Waals surface area contributed by atoms with E-state index in [1.54, 1.807) is 21.2 Å². The molecule has 0 saturated heterocycles. The van der Waals surface area contributed by atoms with Crippen molar-refractivity contribution in [1.82, 2.24) is 15.5 Å². The van der Waals surface area contributed by atoms with Gasteiger partial charge in [-0.1, -0.05) is 6.07 Å². The Morgan fingerprint density at radius 2 is 2.17 bits per heavy atom. The molecular weight excluding hydrogens is 423 g/mol. The zero-order chi connectivity index (χ0) is 16.8. The van der Waals surface area contributed by atoms with E-state index < -0.39 is 0 Å². The molecule has 0 aliphatic carbocycles. The van der Waals surface area contributed by atoms with Gasteiger partial charge in [-0.2, -0.15) is 0 Å². The van der Waals surface area contributed by atoms with E-state index in [1.165, 1.54) is 4.90 Å². The quantitative estimate of drug-likeness (QED) is 0.641. The maximum absolute atomic E-state index is 11.6. The van der Waals surface area contributed by atoms with Crippen LogP contribution in [0.4, 0.5) is 0 Å². The highest BCUT2D eigenvalue weighted by atomic mass is 127. The minimum Gasteiger partial charge on any atom is -0.493 e. The fourth-order valence-electron chi connectivity index (χ4n) is 2.06. The van der Waals surface area contributed by atoms with Gasteiger partial charge in [-0.25, -0.2) is 0 Å². The number of benzene rings is 1. The third-order valence-electron chi connectivity index (χ3n) is 3.44. The third-order valence-corrected chi connectivity index (χ3v) is 3.44. The van der Waals surface area contributed by atoms with Crippen molar-refractivity contribution in [3.05, 3.63) is 23.8 Å². The van der Waals surface area contributed by atoms with E-state index >= 15 is 0 Å². The van der Waals surface area contributed by atoms with Crippen LogP contribution in [-0.2, 0) is 11.3 Å². The molecule has 1 aliphatic heterocycles. The van der Waals surface area contributed by atoms with Crippen LogP contribution in [0.15, 0.2) is 23.2 Å². The van der Waals surface area contributed by atoms with Crippen LogP contribution in [0.2, 0.25) is 0 Å². The third kappa shape index (κ3) is 5.73. The molecule has 0 spiro atoms. The molecule has 0 fully saturated rings. The van der Waals surface area contributed by atoms with E-state index in [0.29, 0.717) is 24.1 Å². The number of nitrogens with one attached hydrogen (secondary N) is 2. The molecule has 1 amide bonds. The number of carbonyl (C=O) groups is 1. The van der Waals surface area contributed by atoms with Crippen LogP contribution in [-0.4, -0.2) is 57.2 Å². The lowest BCUT2D eigenvalue weighted by Gasteiger charge is -2.15. The number of halogens is 1. The number of likely N-dealkylation sites (N-methyl/N-ethyl adjacent to an activating group) is 1. The van der Waals surface area contributed by atoms with Crippen LogP contribution in [0, 0.1) is 0 Å². The number of carbonyl (C=O) groups excluding carboxylic acids is 1. The second-order valence-corrected chi connectivity index (χ2v) is 5.65. The molecule has 2 rings (SSSR count). The fourth-order valence-corrected chi connectivity index (χ4v) is 2.06. The van der Waals surface area contributed by atoms with Crippen LogP contribution < -0.4 is 20.1 Å². The minimum atomic E-state index is -0.0998. The normalized spacial score (nSPS) is 15.7. The molecule has 1 unspecified atom stereocenters. The second-order valence-electron chi connectivity index (χ2n) is 5.65. The number of hydrogen-bond acceptors (Lipinski definition) is 6. The summed E-state index contributed by atoms with van der Waals surface area (Å²) in [6, 6.07) is 6.01. The number of nitrogens with zero attached hydrogens (tertiary/aromatic N) is 2. The summed E-state index contributed by atoms with van der Waals surface area (Å²) >= 11 is 0. The molecule has 1 aromatic rings. The molecular formula is C16H25IN4O3. The van der Waals surface area contributed by atoms with Crippen molar-refractivity contribution in [3.8, 4) is 11.5 Å². The molecule has 24 heavy (non-hydrogen) atoms. The molecule has 1 heterocycles. The molecule has 0 bridgehead atoms. The van der Waals surface area contributed by atoms with Crippen molar-refractivity contribution >= 4 is 35.8 Å². The summed E-state index contributed by atoms with van der Waals surface area (Å²) in [6.45, 7) is 3.49. The Bertz CT molecular complexity index is 593. The molecule has 1 atom stereocenters. The summed E-state index contributed by atoms with van der Waals surface area (Å²) in [6.07, 6.45) is 0. The van der Waals surface area contributed by atoms with Gasteiger partial charge in [-0.3, -0.25) is 9.79 Å². The Morgan fingerprint density at radius 3 is 2.75 bits per heavy atom. The molecule has 1 aliphatic rings. The zero-order valence-corrected chi connectivity index (χ0v) is 16.8. The summed E-state index contributed by atoms with van der Waals surface area (Å²) in [5, 5.41) is 6.49. The maximum Gasteiger partial charge on any atom is 0.259 e. The van der Waals surface area contributed by atoms with Gasteiger partial charge in [0.05, 0.1) is 13.7 Å². The molecule has 0 radical (unpaired) electrons. The Balaban J connectivity index is 0.00000288. The predicted octanol–water partition coefficient (Wildman–Crippen LogP) is 1.22.